The third-order valence-electron chi connectivity index (χ3n) is 4.95. The summed E-state index contributed by atoms with van der Waals surface area (Å²) in [6.07, 6.45) is 21.5. The Kier molecular flexibility index (Phi) is 11.9. The number of allylic oxidation sites excluding steroid dienone is 2. The van der Waals surface area contributed by atoms with Crippen LogP contribution in [0, 0.1) is 0 Å². The summed E-state index contributed by atoms with van der Waals surface area (Å²) in [4.78, 5) is 15.6. The number of aliphatic imine (C=N–C) groups is 1. The molecule has 0 aromatic heterocycles. The molecule has 0 amide bonds. The Morgan fingerprint density at radius 3 is 2.42 bits per heavy atom. The number of carboxylic acid groups (broad SMARTS) is 1. The molecule has 0 bridgehead atoms. The number of unbranched alkanes of at least 4 members (excludes halogenated alkanes) is 8. The summed E-state index contributed by atoms with van der Waals surface area (Å²) in [5, 5.41) is 9.21. The largest absolute Gasteiger partial charge is 0.477 e. The molecule has 0 aliphatic carbocycles. The summed E-state index contributed by atoms with van der Waals surface area (Å²) in [6, 6.07) is 0. The number of rotatable bonds is 16. The number of hydrogen-bond donors (Lipinski definition) is 2. The van der Waals surface area contributed by atoms with E-state index in [-0.39, 0.29) is 6.54 Å². The van der Waals surface area contributed by atoms with Gasteiger partial charge in [0.1, 0.15) is 12.7 Å². The lowest BCUT2D eigenvalue weighted by molar-refractivity contribution is -0.778. The van der Waals surface area contributed by atoms with Crippen molar-refractivity contribution in [3.63, 3.8) is 0 Å². The molecule has 1 atom stereocenters. The van der Waals surface area contributed by atoms with Crippen molar-refractivity contribution in [2.24, 2.45) is 10.7 Å². The van der Waals surface area contributed by atoms with E-state index in [1.54, 1.807) is 6.20 Å². The van der Waals surface area contributed by atoms with E-state index in [2.05, 4.69) is 24.1 Å². The Hall–Kier alpha value is -1.46. The normalized spacial score (nSPS) is 19.4. The average molecular weight is 365 g/mol. The molecular formula is C21H38N3O2+. The van der Waals surface area contributed by atoms with Gasteiger partial charge in [-0.05, 0) is 32.1 Å². The first-order valence-corrected chi connectivity index (χ1v) is 10.3. The van der Waals surface area contributed by atoms with Gasteiger partial charge < -0.3 is 10.8 Å². The third-order valence-corrected chi connectivity index (χ3v) is 4.95. The topological polar surface area (TPSA) is 75.7 Å². The van der Waals surface area contributed by atoms with Gasteiger partial charge in [-0.15, -0.1) is 0 Å². The van der Waals surface area contributed by atoms with Crippen LogP contribution in [-0.2, 0) is 4.79 Å². The summed E-state index contributed by atoms with van der Waals surface area (Å²) >= 11 is 0. The molecule has 0 aromatic carbocycles. The van der Waals surface area contributed by atoms with Crippen LogP contribution in [0.25, 0.3) is 0 Å². The number of nitrogens with two attached hydrogens (primary N) is 1. The minimum atomic E-state index is -0.805. The summed E-state index contributed by atoms with van der Waals surface area (Å²) in [5.74, 6) is 0.147. The van der Waals surface area contributed by atoms with Gasteiger partial charge in [0.2, 0.25) is 5.84 Å². The highest BCUT2D eigenvalue weighted by Gasteiger charge is 2.36. The summed E-state index contributed by atoms with van der Waals surface area (Å²) < 4.78 is 0.300. The predicted octanol–water partition coefficient (Wildman–Crippen LogP) is 4.60. The molecule has 3 N–H and O–H groups in total. The molecule has 1 unspecified atom stereocenters. The van der Waals surface area contributed by atoms with Gasteiger partial charge in [0.05, 0.1) is 6.20 Å². The Morgan fingerprint density at radius 1 is 1.12 bits per heavy atom. The van der Waals surface area contributed by atoms with E-state index in [0.717, 1.165) is 18.7 Å². The fourth-order valence-electron chi connectivity index (χ4n) is 3.46. The number of carboxylic acids is 1. The Balaban J connectivity index is 2.14. The van der Waals surface area contributed by atoms with Crippen LogP contribution in [0.2, 0.25) is 0 Å². The second-order valence-corrected chi connectivity index (χ2v) is 7.22. The number of aliphatic carboxylic acids is 1. The van der Waals surface area contributed by atoms with Crippen LogP contribution in [0.1, 0.15) is 77.6 Å². The fraction of sp³-hybridized carbons (Fsp3) is 0.714. The van der Waals surface area contributed by atoms with Gasteiger partial charge in [-0.2, -0.15) is 0 Å². The van der Waals surface area contributed by atoms with E-state index in [1.165, 1.54) is 57.8 Å². The second kappa shape index (κ2) is 13.7. The Morgan fingerprint density at radius 2 is 1.77 bits per heavy atom. The minimum Gasteiger partial charge on any atom is -0.477 e. The maximum atomic E-state index is 11.2. The van der Waals surface area contributed by atoms with Gasteiger partial charge in [-0.3, -0.25) is 0 Å². The molecule has 0 saturated carbocycles. The van der Waals surface area contributed by atoms with Crippen LogP contribution >= 0.6 is 0 Å². The molecule has 0 saturated heterocycles. The fourth-order valence-corrected chi connectivity index (χ4v) is 3.46. The standard InChI is InChI=1S/C21H37N3O2/c1-2-3-4-5-6-7-8-9-10-11-12-13-14-20-23-16-18-24(20,17-15-22)19-21(25)26/h6-7,16,18H,2-5,8-15,17,19,22H2,1H3/p+1/b7-6+. The molecule has 5 heteroatoms. The maximum Gasteiger partial charge on any atom is 0.360 e. The molecule has 0 radical (unpaired) electrons. The van der Waals surface area contributed by atoms with Crippen molar-refractivity contribution < 1.29 is 14.4 Å². The third kappa shape index (κ3) is 8.77. The van der Waals surface area contributed by atoms with E-state index in [4.69, 9.17) is 5.73 Å². The number of quaternary nitrogens is 1. The molecule has 0 spiro atoms. The van der Waals surface area contributed by atoms with Crippen molar-refractivity contribution in [3.05, 3.63) is 24.6 Å². The molecule has 26 heavy (non-hydrogen) atoms. The van der Waals surface area contributed by atoms with Crippen LogP contribution in [0.4, 0.5) is 0 Å². The lowest BCUT2D eigenvalue weighted by Crippen LogP contribution is -2.52. The van der Waals surface area contributed by atoms with Gasteiger partial charge in [-0.1, -0.05) is 51.2 Å². The molecule has 0 fully saturated rings. The smallest absolute Gasteiger partial charge is 0.360 e. The average Bonchev–Trinajstić information content (AvgIpc) is 2.97. The molecule has 1 rings (SSSR count). The first kappa shape index (κ1) is 22.6. The van der Waals surface area contributed by atoms with Crippen LogP contribution in [0.3, 0.4) is 0 Å². The molecule has 1 aliphatic heterocycles. The highest BCUT2D eigenvalue weighted by molar-refractivity contribution is 5.81. The highest BCUT2D eigenvalue weighted by Crippen LogP contribution is 2.21. The van der Waals surface area contributed by atoms with Crippen molar-refractivity contribution in [1.82, 2.24) is 0 Å². The highest BCUT2D eigenvalue weighted by atomic mass is 16.4. The van der Waals surface area contributed by atoms with Crippen molar-refractivity contribution in [2.45, 2.75) is 77.6 Å². The van der Waals surface area contributed by atoms with E-state index in [0.29, 0.717) is 17.6 Å². The van der Waals surface area contributed by atoms with Gasteiger partial charge in [0.15, 0.2) is 6.54 Å². The quantitative estimate of drug-likeness (QED) is 0.239. The monoisotopic (exact) mass is 364 g/mol. The number of carbonyl (C=O) groups is 1. The number of amidine groups is 1. The Bertz CT molecular complexity index is 486. The molecule has 0 aromatic rings. The zero-order valence-electron chi connectivity index (χ0n) is 16.5. The zero-order chi connectivity index (χ0) is 19.1. The maximum absolute atomic E-state index is 11.2. The molecule has 1 heterocycles. The van der Waals surface area contributed by atoms with Crippen LogP contribution in [0.15, 0.2) is 29.5 Å². The van der Waals surface area contributed by atoms with Crippen molar-refractivity contribution in [3.8, 4) is 0 Å². The Labute approximate surface area is 159 Å². The van der Waals surface area contributed by atoms with Crippen molar-refractivity contribution in [2.75, 3.05) is 19.6 Å². The van der Waals surface area contributed by atoms with Gasteiger partial charge >= 0.3 is 5.97 Å². The number of hydrogen-bond acceptors (Lipinski definition) is 3. The molecular weight excluding hydrogens is 326 g/mol. The molecule has 5 nitrogen and oxygen atoms in total. The van der Waals surface area contributed by atoms with Gasteiger partial charge in [-0.25, -0.2) is 14.3 Å². The van der Waals surface area contributed by atoms with E-state index < -0.39 is 5.97 Å². The summed E-state index contributed by atoms with van der Waals surface area (Å²) in [5.41, 5.74) is 5.70. The predicted molar refractivity (Wildman–Crippen MR) is 109 cm³/mol. The molecule has 148 valence electrons. The lowest BCUT2D eigenvalue weighted by atomic mass is 10.1. The van der Waals surface area contributed by atoms with E-state index >= 15 is 0 Å². The van der Waals surface area contributed by atoms with Crippen LogP contribution in [-0.4, -0.2) is 41.0 Å². The first-order valence-electron chi connectivity index (χ1n) is 10.3. The molecule has 1 aliphatic rings. The van der Waals surface area contributed by atoms with Crippen LogP contribution < -0.4 is 5.73 Å². The zero-order valence-corrected chi connectivity index (χ0v) is 16.5. The van der Waals surface area contributed by atoms with Crippen molar-refractivity contribution in [1.29, 1.82) is 0 Å². The van der Waals surface area contributed by atoms with Gasteiger partial charge in [0, 0.05) is 13.0 Å². The lowest BCUT2D eigenvalue weighted by Gasteiger charge is -2.30. The van der Waals surface area contributed by atoms with Crippen molar-refractivity contribution >= 4 is 11.8 Å². The second-order valence-electron chi connectivity index (χ2n) is 7.22. The van der Waals surface area contributed by atoms with E-state index in [9.17, 15) is 9.90 Å². The minimum absolute atomic E-state index is 0.0388. The van der Waals surface area contributed by atoms with E-state index in [1.807, 2.05) is 6.20 Å². The first-order chi connectivity index (χ1) is 12.6. The summed E-state index contributed by atoms with van der Waals surface area (Å²) in [6.45, 7) is 3.34. The number of nitrogens with zero attached hydrogens (tertiary/aromatic N) is 2. The summed E-state index contributed by atoms with van der Waals surface area (Å²) in [7, 11) is 0. The van der Waals surface area contributed by atoms with Gasteiger partial charge in [0.25, 0.3) is 0 Å². The van der Waals surface area contributed by atoms with Crippen LogP contribution in [0.5, 0.6) is 0 Å². The SMILES string of the molecule is CCCCC/C=C/CCCCCCCC1=NC=C[N+]1(CCN)CC(=O)O.